The third-order valence-corrected chi connectivity index (χ3v) is 3.47. The lowest BCUT2D eigenvalue weighted by molar-refractivity contribution is -0.136. The van der Waals surface area contributed by atoms with Crippen molar-refractivity contribution in [2.45, 2.75) is 46.1 Å². The zero-order valence-corrected chi connectivity index (χ0v) is 14.1. The molecule has 128 valence electrons. The normalized spacial score (nSPS) is 13.5. The highest BCUT2D eigenvalue weighted by atomic mass is 19.1. The van der Waals surface area contributed by atoms with Crippen LogP contribution in [0, 0.1) is 18.7 Å². The first-order valence-electron chi connectivity index (χ1n) is 7.68. The summed E-state index contributed by atoms with van der Waals surface area (Å²) in [5, 5.41) is 14.7. The van der Waals surface area contributed by atoms with Crippen molar-refractivity contribution in [3.8, 4) is 0 Å². The quantitative estimate of drug-likeness (QED) is 0.703. The average Bonchev–Trinajstić information content (AvgIpc) is 2.45. The maximum atomic E-state index is 13.6. The lowest BCUT2D eigenvalue weighted by atomic mass is 9.95. The minimum Gasteiger partial charge on any atom is -0.388 e. The van der Waals surface area contributed by atoms with E-state index in [-0.39, 0.29) is 12.2 Å². The van der Waals surface area contributed by atoms with Gasteiger partial charge in [-0.25, -0.2) is 4.39 Å². The van der Waals surface area contributed by atoms with E-state index in [1.165, 1.54) is 12.1 Å². The highest BCUT2D eigenvalue weighted by Gasteiger charge is 2.23. The molecule has 3 N–H and O–H groups in total. The van der Waals surface area contributed by atoms with E-state index in [1.807, 2.05) is 13.8 Å². The number of aliphatic hydroxyl groups is 1. The van der Waals surface area contributed by atoms with Crippen molar-refractivity contribution < 1.29 is 19.1 Å². The van der Waals surface area contributed by atoms with Crippen LogP contribution in [0.4, 0.5) is 10.1 Å². The van der Waals surface area contributed by atoms with E-state index in [2.05, 4.69) is 10.6 Å². The van der Waals surface area contributed by atoms with E-state index in [9.17, 15) is 19.1 Å². The molecule has 0 aliphatic heterocycles. The van der Waals surface area contributed by atoms with Crippen molar-refractivity contribution in [1.29, 1.82) is 0 Å². The van der Waals surface area contributed by atoms with Gasteiger partial charge in [-0.1, -0.05) is 19.9 Å². The highest BCUT2D eigenvalue weighted by molar-refractivity contribution is 6.39. The van der Waals surface area contributed by atoms with Crippen molar-refractivity contribution in [2.24, 2.45) is 5.92 Å². The van der Waals surface area contributed by atoms with Crippen LogP contribution < -0.4 is 10.6 Å². The standard InChI is InChI=1S/C17H25FN2O3/c1-11(2)7-8-17(4,23)10-19-15(21)16(22)20-14-6-5-12(3)9-13(14)18/h5-6,9,11,23H,7-8,10H2,1-4H3,(H,19,21)(H,20,22). The fourth-order valence-corrected chi connectivity index (χ4v) is 1.94. The molecule has 0 aliphatic rings. The predicted molar refractivity (Wildman–Crippen MR) is 87.5 cm³/mol. The summed E-state index contributed by atoms with van der Waals surface area (Å²) >= 11 is 0. The van der Waals surface area contributed by atoms with Gasteiger partial charge in [0.1, 0.15) is 5.82 Å². The summed E-state index contributed by atoms with van der Waals surface area (Å²) in [4.78, 5) is 23.5. The second kappa shape index (κ2) is 8.06. The van der Waals surface area contributed by atoms with Crippen molar-refractivity contribution in [3.05, 3.63) is 29.6 Å². The minimum absolute atomic E-state index is 0.0393. The smallest absolute Gasteiger partial charge is 0.313 e. The number of hydrogen-bond donors (Lipinski definition) is 3. The van der Waals surface area contributed by atoms with Crippen LogP contribution in [0.2, 0.25) is 0 Å². The van der Waals surface area contributed by atoms with Gasteiger partial charge in [0.25, 0.3) is 0 Å². The Hall–Kier alpha value is -1.95. The molecule has 1 rings (SSSR count). The van der Waals surface area contributed by atoms with Crippen molar-refractivity contribution in [2.75, 3.05) is 11.9 Å². The Morgan fingerprint density at radius 2 is 1.96 bits per heavy atom. The largest absolute Gasteiger partial charge is 0.388 e. The molecule has 0 spiro atoms. The second-order valence-electron chi connectivity index (χ2n) is 6.55. The predicted octanol–water partition coefficient (Wildman–Crippen LogP) is 2.38. The first kappa shape index (κ1) is 19.1. The molecule has 0 bridgehead atoms. The number of rotatable bonds is 6. The summed E-state index contributed by atoms with van der Waals surface area (Å²) in [6.45, 7) is 7.37. The van der Waals surface area contributed by atoms with Gasteiger partial charge in [-0.15, -0.1) is 0 Å². The molecule has 2 amide bonds. The lowest BCUT2D eigenvalue weighted by Crippen LogP contribution is -2.44. The zero-order valence-electron chi connectivity index (χ0n) is 14.1. The number of benzene rings is 1. The van der Waals surface area contributed by atoms with Gasteiger partial charge in [-0.3, -0.25) is 9.59 Å². The summed E-state index contributed by atoms with van der Waals surface area (Å²) in [6.07, 6.45) is 1.32. The van der Waals surface area contributed by atoms with E-state index in [1.54, 1.807) is 19.9 Å². The van der Waals surface area contributed by atoms with Gasteiger partial charge in [-0.05, 0) is 50.3 Å². The number of nitrogens with one attached hydrogen (secondary N) is 2. The van der Waals surface area contributed by atoms with Gasteiger partial charge in [0.05, 0.1) is 11.3 Å². The maximum absolute atomic E-state index is 13.6. The lowest BCUT2D eigenvalue weighted by Gasteiger charge is -2.24. The Balaban J connectivity index is 2.52. The molecule has 0 saturated heterocycles. The Bertz CT molecular complexity index is 571. The third-order valence-electron chi connectivity index (χ3n) is 3.47. The molecular weight excluding hydrogens is 299 g/mol. The van der Waals surface area contributed by atoms with Gasteiger partial charge < -0.3 is 15.7 Å². The summed E-state index contributed by atoms with van der Waals surface area (Å²) < 4.78 is 13.6. The Morgan fingerprint density at radius 1 is 1.30 bits per heavy atom. The molecule has 1 aromatic carbocycles. The van der Waals surface area contributed by atoms with Gasteiger partial charge in [0, 0.05) is 6.54 Å². The van der Waals surface area contributed by atoms with Gasteiger partial charge in [0.15, 0.2) is 0 Å². The highest BCUT2D eigenvalue weighted by Crippen LogP contribution is 2.16. The first-order chi connectivity index (χ1) is 10.6. The van der Waals surface area contributed by atoms with E-state index >= 15 is 0 Å². The van der Waals surface area contributed by atoms with Crippen LogP contribution in [-0.4, -0.2) is 29.1 Å². The Labute approximate surface area is 136 Å². The summed E-state index contributed by atoms with van der Waals surface area (Å²) in [6, 6.07) is 4.30. The van der Waals surface area contributed by atoms with Crippen molar-refractivity contribution in [3.63, 3.8) is 0 Å². The molecule has 0 aromatic heterocycles. The molecule has 0 aliphatic carbocycles. The SMILES string of the molecule is Cc1ccc(NC(=O)C(=O)NCC(C)(O)CCC(C)C)c(F)c1. The third kappa shape index (κ3) is 6.78. The van der Waals surface area contributed by atoms with Crippen molar-refractivity contribution >= 4 is 17.5 Å². The molecule has 0 heterocycles. The van der Waals surface area contributed by atoms with Crippen LogP contribution in [-0.2, 0) is 9.59 Å². The molecule has 5 nitrogen and oxygen atoms in total. The molecule has 0 saturated carbocycles. The molecule has 1 aromatic rings. The number of hydrogen-bond acceptors (Lipinski definition) is 3. The average molecular weight is 324 g/mol. The van der Waals surface area contributed by atoms with Gasteiger partial charge in [0.2, 0.25) is 0 Å². The second-order valence-corrected chi connectivity index (χ2v) is 6.55. The van der Waals surface area contributed by atoms with Crippen LogP contribution in [0.15, 0.2) is 18.2 Å². The van der Waals surface area contributed by atoms with Gasteiger partial charge in [-0.2, -0.15) is 0 Å². The van der Waals surface area contributed by atoms with E-state index in [0.717, 1.165) is 6.42 Å². The van der Waals surface area contributed by atoms with E-state index in [4.69, 9.17) is 0 Å². The summed E-state index contributed by atoms with van der Waals surface area (Å²) in [7, 11) is 0. The number of anilines is 1. The van der Waals surface area contributed by atoms with Crippen LogP contribution in [0.5, 0.6) is 0 Å². The number of amides is 2. The van der Waals surface area contributed by atoms with Crippen LogP contribution in [0.1, 0.15) is 39.2 Å². The molecule has 0 radical (unpaired) electrons. The van der Waals surface area contributed by atoms with E-state index < -0.39 is 23.2 Å². The topological polar surface area (TPSA) is 78.4 Å². The molecule has 1 atom stereocenters. The fourth-order valence-electron chi connectivity index (χ4n) is 1.94. The monoisotopic (exact) mass is 324 g/mol. The molecule has 23 heavy (non-hydrogen) atoms. The Morgan fingerprint density at radius 3 is 2.52 bits per heavy atom. The fraction of sp³-hybridized carbons (Fsp3) is 0.529. The van der Waals surface area contributed by atoms with E-state index in [0.29, 0.717) is 17.9 Å². The number of carbonyl (C=O) groups excluding carboxylic acids is 2. The van der Waals surface area contributed by atoms with Gasteiger partial charge >= 0.3 is 11.8 Å². The summed E-state index contributed by atoms with van der Waals surface area (Å²) in [5.74, 6) is -2.04. The zero-order chi connectivity index (χ0) is 17.6. The number of aryl methyl sites for hydroxylation is 1. The molecule has 1 unspecified atom stereocenters. The molecule has 0 fully saturated rings. The number of carbonyl (C=O) groups is 2. The number of halogens is 1. The first-order valence-corrected chi connectivity index (χ1v) is 7.68. The maximum Gasteiger partial charge on any atom is 0.313 e. The summed E-state index contributed by atoms with van der Waals surface area (Å²) in [5.41, 5.74) is -0.427. The molecular formula is C17H25FN2O3. The molecule has 6 heteroatoms. The van der Waals surface area contributed by atoms with Crippen molar-refractivity contribution in [1.82, 2.24) is 5.32 Å². The Kier molecular flexibility index (Phi) is 6.69. The van der Waals surface area contributed by atoms with Crippen LogP contribution in [0.3, 0.4) is 0 Å². The minimum atomic E-state index is -1.09. The van der Waals surface area contributed by atoms with Crippen LogP contribution in [0.25, 0.3) is 0 Å². The van der Waals surface area contributed by atoms with Crippen LogP contribution >= 0.6 is 0 Å².